The number of rotatable bonds is 6. The number of amides is 1. The van der Waals surface area contributed by atoms with Crippen molar-refractivity contribution in [3.63, 3.8) is 0 Å². The van der Waals surface area contributed by atoms with Crippen molar-refractivity contribution in [2.75, 3.05) is 18.4 Å². The van der Waals surface area contributed by atoms with Gasteiger partial charge in [0.1, 0.15) is 4.90 Å². The van der Waals surface area contributed by atoms with E-state index in [0.29, 0.717) is 24.3 Å². The van der Waals surface area contributed by atoms with Gasteiger partial charge in [-0.2, -0.15) is 4.31 Å². The van der Waals surface area contributed by atoms with E-state index in [1.165, 1.54) is 16.4 Å². The van der Waals surface area contributed by atoms with Crippen LogP contribution in [0.3, 0.4) is 0 Å². The van der Waals surface area contributed by atoms with E-state index in [9.17, 15) is 13.2 Å². The maximum Gasteiger partial charge on any atom is 0.255 e. The van der Waals surface area contributed by atoms with Crippen molar-refractivity contribution in [2.24, 2.45) is 0 Å². The van der Waals surface area contributed by atoms with Gasteiger partial charge in [0.05, 0.1) is 5.02 Å². The summed E-state index contributed by atoms with van der Waals surface area (Å²) < 4.78 is 27.7. The van der Waals surface area contributed by atoms with Gasteiger partial charge in [0.25, 0.3) is 5.91 Å². The molecule has 0 saturated heterocycles. The summed E-state index contributed by atoms with van der Waals surface area (Å²) in [6.45, 7) is 6.03. The molecule has 2 rings (SSSR count). The Morgan fingerprint density at radius 1 is 1.15 bits per heavy atom. The molecule has 0 radical (unpaired) electrons. The van der Waals surface area contributed by atoms with E-state index < -0.39 is 10.0 Å². The molecule has 0 heterocycles. The van der Waals surface area contributed by atoms with Crippen LogP contribution in [-0.2, 0) is 10.0 Å². The van der Waals surface area contributed by atoms with E-state index in [1.54, 1.807) is 32.0 Å². The Morgan fingerprint density at radius 3 is 2.38 bits per heavy atom. The fraction of sp³-hybridized carbons (Fsp3) is 0.278. The van der Waals surface area contributed by atoms with Crippen molar-refractivity contribution in [1.29, 1.82) is 0 Å². The van der Waals surface area contributed by atoms with E-state index in [1.807, 2.05) is 13.0 Å². The zero-order valence-electron chi connectivity index (χ0n) is 14.7. The molecule has 0 fully saturated rings. The van der Waals surface area contributed by atoms with Crippen LogP contribution in [0, 0.1) is 6.92 Å². The predicted molar refractivity (Wildman–Crippen MR) is 108 cm³/mol. The van der Waals surface area contributed by atoms with Gasteiger partial charge < -0.3 is 5.32 Å². The van der Waals surface area contributed by atoms with Crippen LogP contribution >= 0.6 is 27.5 Å². The second-order valence-corrected chi connectivity index (χ2v) is 8.88. The molecule has 26 heavy (non-hydrogen) atoms. The standard InChI is InChI=1S/C18H20BrClN2O3S/c1-4-22(5-2)26(24,25)17-11-14(7-9-16(17)20)21-18(23)15-8-6-13(19)10-12(15)3/h6-11H,4-5H2,1-3H3,(H,21,23). The fourth-order valence-corrected chi connectivity index (χ4v) is 5.00. The van der Waals surface area contributed by atoms with Crippen molar-refractivity contribution in [2.45, 2.75) is 25.7 Å². The normalized spacial score (nSPS) is 11.6. The Labute approximate surface area is 167 Å². The molecule has 0 spiro atoms. The lowest BCUT2D eigenvalue weighted by atomic mass is 10.1. The van der Waals surface area contributed by atoms with Crippen LogP contribution in [0.5, 0.6) is 0 Å². The Kier molecular flexibility index (Phi) is 6.85. The number of nitrogens with one attached hydrogen (secondary N) is 1. The zero-order chi connectivity index (χ0) is 19.5. The summed E-state index contributed by atoms with van der Waals surface area (Å²) in [5, 5.41) is 2.86. The molecule has 0 atom stereocenters. The summed E-state index contributed by atoms with van der Waals surface area (Å²) in [4.78, 5) is 12.5. The van der Waals surface area contributed by atoms with Crippen LogP contribution < -0.4 is 5.32 Å². The molecule has 0 aliphatic rings. The first-order valence-electron chi connectivity index (χ1n) is 8.07. The molecular formula is C18H20BrClN2O3S. The lowest BCUT2D eigenvalue weighted by Crippen LogP contribution is -2.30. The number of carbonyl (C=O) groups excluding carboxylic acids is 1. The molecule has 5 nitrogen and oxygen atoms in total. The number of aryl methyl sites for hydroxylation is 1. The summed E-state index contributed by atoms with van der Waals surface area (Å²) in [5.74, 6) is -0.316. The van der Waals surface area contributed by atoms with Gasteiger partial charge in [-0.15, -0.1) is 0 Å². The average molecular weight is 460 g/mol. The van der Waals surface area contributed by atoms with E-state index in [0.717, 1.165) is 10.0 Å². The lowest BCUT2D eigenvalue weighted by Gasteiger charge is -2.19. The third-order valence-electron chi connectivity index (χ3n) is 3.95. The molecule has 0 saturated carbocycles. The Morgan fingerprint density at radius 2 is 1.81 bits per heavy atom. The van der Waals surface area contributed by atoms with Gasteiger partial charge in [-0.1, -0.05) is 41.4 Å². The number of hydrogen-bond acceptors (Lipinski definition) is 3. The largest absolute Gasteiger partial charge is 0.322 e. The van der Waals surface area contributed by atoms with Gasteiger partial charge in [0, 0.05) is 28.8 Å². The number of benzene rings is 2. The minimum atomic E-state index is -3.72. The maximum absolute atomic E-state index is 12.7. The van der Waals surface area contributed by atoms with Crippen molar-refractivity contribution in [3.05, 3.63) is 57.0 Å². The summed E-state index contributed by atoms with van der Waals surface area (Å²) in [6.07, 6.45) is 0. The van der Waals surface area contributed by atoms with Crippen molar-refractivity contribution in [3.8, 4) is 0 Å². The molecule has 0 aromatic heterocycles. The number of carbonyl (C=O) groups is 1. The summed E-state index contributed by atoms with van der Waals surface area (Å²) in [5.41, 5.74) is 1.69. The number of anilines is 1. The topological polar surface area (TPSA) is 66.5 Å². The average Bonchev–Trinajstić information content (AvgIpc) is 2.57. The Hall–Kier alpha value is -1.41. The molecule has 0 bridgehead atoms. The minimum absolute atomic E-state index is 0.0202. The molecule has 1 N–H and O–H groups in total. The van der Waals surface area contributed by atoms with Crippen LogP contribution in [0.25, 0.3) is 0 Å². The second kappa shape index (κ2) is 8.52. The molecule has 0 aliphatic carbocycles. The van der Waals surface area contributed by atoms with Crippen LogP contribution in [0.15, 0.2) is 45.8 Å². The second-order valence-electron chi connectivity index (χ2n) is 5.65. The fourth-order valence-electron chi connectivity index (χ4n) is 2.56. The molecule has 8 heteroatoms. The van der Waals surface area contributed by atoms with Crippen molar-refractivity contribution < 1.29 is 13.2 Å². The highest BCUT2D eigenvalue weighted by Gasteiger charge is 2.25. The highest BCUT2D eigenvalue weighted by Crippen LogP contribution is 2.28. The molecule has 1 amide bonds. The minimum Gasteiger partial charge on any atom is -0.322 e. The molecule has 2 aromatic carbocycles. The predicted octanol–water partition coefficient (Wildman–Crippen LogP) is 4.69. The summed E-state index contributed by atoms with van der Waals surface area (Å²) >= 11 is 9.47. The van der Waals surface area contributed by atoms with E-state index in [2.05, 4.69) is 21.2 Å². The lowest BCUT2D eigenvalue weighted by molar-refractivity contribution is 0.102. The van der Waals surface area contributed by atoms with Crippen LogP contribution in [-0.4, -0.2) is 31.7 Å². The molecule has 2 aromatic rings. The first kappa shape index (κ1) is 20.9. The smallest absolute Gasteiger partial charge is 0.255 e. The highest BCUT2D eigenvalue weighted by atomic mass is 79.9. The molecule has 140 valence electrons. The van der Waals surface area contributed by atoms with Gasteiger partial charge in [-0.25, -0.2) is 8.42 Å². The third-order valence-corrected chi connectivity index (χ3v) is 6.97. The monoisotopic (exact) mass is 458 g/mol. The van der Waals surface area contributed by atoms with Crippen molar-refractivity contribution in [1.82, 2.24) is 4.31 Å². The van der Waals surface area contributed by atoms with E-state index in [4.69, 9.17) is 11.6 Å². The van der Waals surface area contributed by atoms with Crippen LogP contribution in [0.1, 0.15) is 29.8 Å². The highest BCUT2D eigenvalue weighted by molar-refractivity contribution is 9.10. The molecule has 0 unspecified atom stereocenters. The van der Waals surface area contributed by atoms with Gasteiger partial charge in [0.2, 0.25) is 10.0 Å². The van der Waals surface area contributed by atoms with Gasteiger partial charge in [-0.3, -0.25) is 4.79 Å². The van der Waals surface area contributed by atoms with Gasteiger partial charge in [0.15, 0.2) is 0 Å². The van der Waals surface area contributed by atoms with E-state index in [-0.39, 0.29) is 15.8 Å². The number of halogens is 2. The van der Waals surface area contributed by atoms with Gasteiger partial charge in [-0.05, 0) is 48.9 Å². The zero-order valence-corrected chi connectivity index (χ0v) is 17.9. The molecule has 0 aliphatic heterocycles. The summed E-state index contributed by atoms with van der Waals surface area (Å²) in [7, 11) is -3.72. The SMILES string of the molecule is CCN(CC)S(=O)(=O)c1cc(NC(=O)c2ccc(Br)cc2C)ccc1Cl. The van der Waals surface area contributed by atoms with Crippen molar-refractivity contribution >= 4 is 49.1 Å². The number of hydrogen-bond donors (Lipinski definition) is 1. The van der Waals surface area contributed by atoms with Gasteiger partial charge >= 0.3 is 0 Å². The Balaban J connectivity index is 2.36. The molecular weight excluding hydrogens is 440 g/mol. The van der Waals surface area contributed by atoms with Crippen LogP contribution in [0.4, 0.5) is 5.69 Å². The first-order chi connectivity index (χ1) is 12.2. The quantitative estimate of drug-likeness (QED) is 0.681. The van der Waals surface area contributed by atoms with Crippen LogP contribution in [0.2, 0.25) is 5.02 Å². The maximum atomic E-state index is 12.7. The summed E-state index contributed by atoms with van der Waals surface area (Å²) in [6, 6.07) is 9.77. The third kappa shape index (κ3) is 4.46. The number of sulfonamides is 1. The first-order valence-corrected chi connectivity index (χ1v) is 10.7. The Bertz CT molecular complexity index is 928. The number of nitrogens with zero attached hydrogens (tertiary/aromatic N) is 1. The van der Waals surface area contributed by atoms with E-state index >= 15 is 0 Å².